The van der Waals surface area contributed by atoms with E-state index in [1.807, 2.05) is 18.3 Å². The summed E-state index contributed by atoms with van der Waals surface area (Å²) >= 11 is 0. The van der Waals surface area contributed by atoms with Crippen LogP contribution in [-0.2, 0) is 0 Å². The average molecular weight is 201 g/mol. The second kappa shape index (κ2) is 3.38. The van der Waals surface area contributed by atoms with Crippen LogP contribution < -0.4 is 4.74 Å². The van der Waals surface area contributed by atoms with Gasteiger partial charge in [-0.3, -0.25) is 4.98 Å². The molecule has 1 fully saturated rings. The molecule has 15 heavy (non-hydrogen) atoms. The number of hydrogen-bond acceptors (Lipinski definition) is 3. The van der Waals surface area contributed by atoms with Gasteiger partial charge in [0.25, 0.3) is 6.01 Å². The van der Waals surface area contributed by atoms with Gasteiger partial charge in [-0.1, -0.05) is 0 Å². The van der Waals surface area contributed by atoms with E-state index in [9.17, 15) is 0 Å². The Labute approximate surface area is 87.3 Å². The molecule has 0 saturated heterocycles. The molecule has 4 nitrogen and oxygen atoms in total. The van der Waals surface area contributed by atoms with Crippen molar-refractivity contribution in [3.8, 4) is 17.3 Å². The van der Waals surface area contributed by atoms with Crippen LogP contribution in [0.15, 0.2) is 30.7 Å². The molecule has 0 bridgehead atoms. The Balaban J connectivity index is 1.83. The lowest BCUT2D eigenvalue weighted by molar-refractivity contribution is 0.281. The molecule has 0 aromatic carbocycles. The highest BCUT2D eigenvalue weighted by Crippen LogP contribution is 2.26. The first-order chi connectivity index (χ1) is 7.42. The van der Waals surface area contributed by atoms with Crippen molar-refractivity contribution in [3.63, 3.8) is 0 Å². The van der Waals surface area contributed by atoms with Crippen LogP contribution in [0.3, 0.4) is 0 Å². The van der Waals surface area contributed by atoms with Gasteiger partial charge < -0.3 is 9.72 Å². The van der Waals surface area contributed by atoms with Gasteiger partial charge in [0.2, 0.25) is 0 Å². The second-order valence-electron chi connectivity index (χ2n) is 3.65. The van der Waals surface area contributed by atoms with Crippen LogP contribution in [0, 0.1) is 0 Å². The molecule has 0 atom stereocenters. The maximum absolute atomic E-state index is 5.54. The van der Waals surface area contributed by atoms with Crippen molar-refractivity contribution in [2.75, 3.05) is 0 Å². The summed E-state index contributed by atoms with van der Waals surface area (Å²) in [4.78, 5) is 11.4. The molecule has 4 heteroatoms. The van der Waals surface area contributed by atoms with E-state index in [1.54, 1.807) is 12.4 Å². The van der Waals surface area contributed by atoms with Crippen LogP contribution in [0.2, 0.25) is 0 Å². The van der Waals surface area contributed by atoms with Gasteiger partial charge in [-0.15, -0.1) is 0 Å². The Hall–Kier alpha value is -1.84. The largest absolute Gasteiger partial charge is 0.461 e. The molecule has 2 heterocycles. The molecule has 0 spiro atoms. The van der Waals surface area contributed by atoms with Crippen molar-refractivity contribution in [1.29, 1.82) is 0 Å². The van der Waals surface area contributed by atoms with Crippen LogP contribution >= 0.6 is 0 Å². The molecule has 0 aliphatic heterocycles. The van der Waals surface area contributed by atoms with Gasteiger partial charge in [-0.05, 0) is 25.0 Å². The monoisotopic (exact) mass is 201 g/mol. The number of hydrogen-bond donors (Lipinski definition) is 1. The van der Waals surface area contributed by atoms with Crippen molar-refractivity contribution in [1.82, 2.24) is 15.0 Å². The topological polar surface area (TPSA) is 50.8 Å². The number of ether oxygens (including phenoxy) is 1. The zero-order valence-corrected chi connectivity index (χ0v) is 8.18. The minimum atomic E-state index is 0.373. The summed E-state index contributed by atoms with van der Waals surface area (Å²) in [5.41, 5.74) is 1.87. The van der Waals surface area contributed by atoms with Gasteiger partial charge in [0.15, 0.2) is 0 Å². The van der Waals surface area contributed by atoms with E-state index in [-0.39, 0.29) is 0 Å². The van der Waals surface area contributed by atoms with Crippen LogP contribution in [0.1, 0.15) is 12.8 Å². The van der Waals surface area contributed by atoms with Crippen LogP contribution in [-0.4, -0.2) is 21.1 Å². The molecular formula is C11H11N3O. The number of rotatable bonds is 3. The summed E-state index contributed by atoms with van der Waals surface area (Å²) < 4.78 is 5.54. The zero-order chi connectivity index (χ0) is 10.1. The third-order valence-corrected chi connectivity index (χ3v) is 2.31. The number of aromatic nitrogens is 3. The highest BCUT2D eigenvalue weighted by Gasteiger charge is 2.24. The molecular weight excluding hydrogens is 190 g/mol. The lowest BCUT2D eigenvalue weighted by Gasteiger charge is -1.96. The molecule has 1 aliphatic carbocycles. The van der Waals surface area contributed by atoms with E-state index in [2.05, 4.69) is 15.0 Å². The minimum absolute atomic E-state index is 0.373. The summed E-state index contributed by atoms with van der Waals surface area (Å²) in [6.07, 6.45) is 8.04. The lowest BCUT2D eigenvalue weighted by Crippen LogP contribution is -1.96. The molecule has 0 radical (unpaired) electrons. The quantitative estimate of drug-likeness (QED) is 0.826. The molecule has 0 unspecified atom stereocenters. The van der Waals surface area contributed by atoms with Gasteiger partial charge in [0.05, 0.1) is 5.69 Å². The van der Waals surface area contributed by atoms with Gasteiger partial charge in [-0.2, -0.15) is 4.98 Å². The van der Waals surface area contributed by atoms with E-state index >= 15 is 0 Å². The molecule has 1 saturated carbocycles. The molecule has 1 N–H and O–H groups in total. The van der Waals surface area contributed by atoms with Crippen molar-refractivity contribution in [2.24, 2.45) is 0 Å². The van der Waals surface area contributed by atoms with E-state index in [1.165, 1.54) is 0 Å². The van der Waals surface area contributed by atoms with Crippen molar-refractivity contribution in [3.05, 3.63) is 30.7 Å². The van der Waals surface area contributed by atoms with Gasteiger partial charge in [0, 0.05) is 24.2 Å². The van der Waals surface area contributed by atoms with E-state index < -0.39 is 0 Å². The van der Waals surface area contributed by atoms with Gasteiger partial charge in [-0.25, -0.2) is 0 Å². The Morgan fingerprint density at radius 1 is 1.40 bits per heavy atom. The Morgan fingerprint density at radius 3 is 3.07 bits per heavy atom. The van der Waals surface area contributed by atoms with Crippen LogP contribution in [0.25, 0.3) is 11.3 Å². The van der Waals surface area contributed by atoms with E-state index in [0.717, 1.165) is 24.1 Å². The fraction of sp³-hybridized carbons (Fsp3) is 0.273. The minimum Gasteiger partial charge on any atom is -0.461 e. The number of nitrogens with one attached hydrogen (secondary N) is 1. The zero-order valence-electron chi connectivity index (χ0n) is 8.18. The fourth-order valence-corrected chi connectivity index (χ4v) is 1.37. The first-order valence-corrected chi connectivity index (χ1v) is 5.04. The number of aromatic amines is 1. The molecule has 0 amide bonds. The van der Waals surface area contributed by atoms with Gasteiger partial charge in [0.1, 0.15) is 6.10 Å². The smallest absolute Gasteiger partial charge is 0.294 e. The molecule has 2 aromatic rings. The Kier molecular flexibility index (Phi) is 1.91. The predicted octanol–water partition coefficient (Wildman–Crippen LogP) is 2.01. The Morgan fingerprint density at radius 2 is 2.33 bits per heavy atom. The maximum atomic E-state index is 5.54. The van der Waals surface area contributed by atoms with E-state index in [0.29, 0.717) is 12.1 Å². The molecule has 3 rings (SSSR count). The number of H-pyrrole nitrogens is 1. The maximum Gasteiger partial charge on any atom is 0.294 e. The average Bonchev–Trinajstić information content (AvgIpc) is 2.96. The summed E-state index contributed by atoms with van der Waals surface area (Å²) in [6.45, 7) is 0. The normalized spacial score (nSPS) is 15.2. The number of nitrogens with zero attached hydrogens (tertiary/aromatic N) is 2. The third-order valence-electron chi connectivity index (χ3n) is 2.31. The standard InChI is InChI=1S/C11H11N3O/c1-2-8(6-12-5-1)10-7-13-11(14-10)15-9-3-4-9/h1-2,5-7,9H,3-4H2,(H,13,14). The van der Waals surface area contributed by atoms with Crippen molar-refractivity contribution in [2.45, 2.75) is 18.9 Å². The summed E-state index contributed by atoms with van der Waals surface area (Å²) in [5.74, 6) is 0. The lowest BCUT2D eigenvalue weighted by atomic mass is 10.2. The van der Waals surface area contributed by atoms with Gasteiger partial charge >= 0.3 is 0 Å². The third kappa shape index (κ3) is 1.83. The summed E-state index contributed by atoms with van der Waals surface area (Å²) in [6, 6.07) is 4.48. The second-order valence-corrected chi connectivity index (χ2v) is 3.65. The molecule has 2 aromatic heterocycles. The first-order valence-electron chi connectivity index (χ1n) is 5.04. The predicted molar refractivity (Wildman–Crippen MR) is 55.5 cm³/mol. The van der Waals surface area contributed by atoms with Crippen molar-refractivity contribution >= 4 is 0 Å². The SMILES string of the molecule is c1cncc(-c2c[nH]c(OC3CC3)n2)c1. The molecule has 1 aliphatic rings. The highest BCUT2D eigenvalue weighted by atomic mass is 16.5. The highest BCUT2D eigenvalue weighted by molar-refractivity contribution is 5.57. The van der Waals surface area contributed by atoms with Crippen molar-refractivity contribution < 1.29 is 4.74 Å². The van der Waals surface area contributed by atoms with Crippen LogP contribution in [0.5, 0.6) is 6.01 Å². The number of pyridine rings is 1. The summed E-state index contributed by atoms with van der Waals surface area (Å²) in [5, 5.41) is 0. The van der Waals surface area contributed by atoms with Crippen LogP contribution in [0.4, 0.5) is 0 Å². The Bertz CT molecular complexity index is 448. The molecule has 76 valence electrons. The summed E-state index contributed by atoms with van der Waals surface area (Å²) in [7, 11) is 0. The first kappa shape index (κ1) is 8.47. The number of imidazole rings is 1. The van der Waals surface area contributed by atoms with E-state index in [4.69, 9.17) is 4.74 Å². The fourth-order valence-electron chi connectivity index (χ4n) is 1.37.